The molecule has 0 radical (unpaired) electrons. The first-order chi connectivity index (χ1) is 15.6. The first-order valence-electron chi connectivity index (χ1n) is 10.5. The molecule has 0 saturated carbocycles. The number of ether oxygens (including phenoxy) is 1. The molecule has 0 unspecified atom stereocenters. The molecule has 0 aromatic carbocycles. The molecule has 180 valence electrons. The molecule has 1 aliphatic heterocycles. The summed E-state index contributed by atoms with van der Waals surface area (Å²) in [5.74, 6) is -2.78. The molecule has 12 nitrogen and oxygen atoms in total. The second-order valence-electron chi connectivity index (χ2n) is 7.73. The van der Waals surface area contributed by atoms with Crippen molar-refractivity contribution >= 4 is 29.8 Å². The predicted octanol–water partition coefficient (Wildman–Crippen LogP) is -0.265. The van der Waals surface area contributed by atoms with Crippen LogP contribution in [0.25, 0.3) is 0 Å². The van der Waals surface area contributed by atoms with Gasteiger partial charge in [-0.1, -0.05) is 6.07 Å². The van der Waals surface area contributed by atoms with Crippen molar-refractivity contribution in [2.45, 2.75) is 51.4 Å². The largest absolute Gasteiger partial charge is 0.480 e. The highest BCUT2D eigenvalue weighted by Crippen LogP contribution is 2.17. The summed E-state index contributed by atoms with van der Waals surface area (Å²) in [7, 11) is 1.40. The van der Waals surface area contributed by atoms with Crippen LogP contribution in [-0.4, -0.2) is 87.9 Å². The number of hydrogen-bond donors (Lipinski definition) is 3. The molecule has 12 heteroatoms. The fourth-order valence-corrected chi connectivity index (χ4v) is 3.20. The van der Waals surface area contributed by atoms with Crippen molar-refractivity contribution in [1.82, 2.24) is 25.4 Å². The number of aliphatic carboxylic acids is 1. The maximum Gasteiger partial charge on any atom is 0.410 e. The molecule has 2 heterocycles. The zero-order valence-electron chi connectivity index (χ0n) is 18.8. The van der Waals surface area contributed by atoms with Gasteiger partial charge in [0.1, 0.15) is 24.7 Å². The molecule has 33 heavy (non-hydrogen) atoms. The Balaban J connectivity index is 1.78. The lowest BCUT2D eigenvalue weighted by atomic mass is 10.2. The molecule has 1 fully saturated rings. The fourth-order valence-electron chi connectivity index (χ4n) is 3.20. The van der Waals surface area contributed by atoms with Crippen LogP contribution in [-0.2, 0) is 30.5 Å². The van der Waals surface area contributed by atoms with Crippen LogP contribution >= 0.6 is 0 Å². The van der Waals surface area contributed by atoms with Crippen LogP contribution in [0.4, 0.5) is 4.79 Å². The molecular formula is C21H29N5O7. The minimum absolute atomic E-state index is 0.00204. The summed E-state index contributed by atoms with van der Waals surface area (Å²) in [5.41, 5.74) is 0.694. The van der Waals surface area contributed by atoms with Crippen molar-refractivity contribution < 1.29 is 33.8 Å². The highest BCUT2D eigenvalue weighted by molar-refractivity contribution is 5.93. The van der Waals surface area contributed by atoms with E-state index in [-0.39, 0.29) is 13.2 Å². The smallest absolute Gasteiger partial charge is 0.410 e. The number of likely N-dealkylation sites (tertiary alicyclic amines) is 1. The van der Waals surface area contributed by atoms with E-state index >= 15 is 0 Å². The SMILES string of the molecule is C[C@H](NC(=O)[C@H](C)N(C)C(=O)OCc1cccnc1)C(=O)NCC(=O)N1CCC[C@H]1C(=O)O. The third-order valence-electron chi connectivity index (χ3n) is 5.36. The molecular weight excluding hydrogens is 434 g/mol. The van der Waals surface area contributed by atoms with Crippen LogP contribution in [0.15, 0.2) is 24.5 Å². The molecule has 0 bridgehead atoms. The van der Waals surface area contributed by atoms with E-state index in [1.807, 2.05) is 0 Å². The van der Waals surface area contributed by atoms with Crippen molar-refractivity contribution in [2.75, 3.05) is 20.1 Å². The number of aromatic nitrogens is 1. The predicted molar refractivity (Wildman–Crippen MR) is 115 cm³/mol. The monoisotopic (exact) mass is 463 g/mol. The first kappa shape index (κ1) is 25.6. The Bertz CT molecular complexity index is 879. The van der Waals surface area contributed by atoms with E-state index in [0.717, 1.165) is 4.90 Å². The van der Waals surface area contributed by atoms with Crippen LogP contribution in [0.3, 0.4) is 0 Å². The van der Waals surface area contributed by atoms with Crippen molar-refractivity contribution in [3.63, 3.8) is 0 Å². The summed E-state index contributed by atoms with van der Waals surface area (Å²) in [6.45, 7) is 2.85. The molecule has 1 aliphatic rings. The number of carboxylic acids is 1. The number of carboxylic acid groups (broad SMARTS) is 1. The zero-order chi connectivity index (χ0) is 24.5. The third-order valence-corrected chi connectivity index (χ3v) is 5.36. The summed E-state index contributed by atoms with van der Waals surface area (Å²) in [5, 5.41) is 14.0. The lowest BCUT2D eigenvalue weighted by Gasteiger charge is -2.25. The number of carbonyl (C=O) groups is 5. The lowest BCUT2D eigenvalue weighted by molar-refractivity contribution is -0.148. The topological polar surface area (TPSA) is 158 Å². The van der Waals surface area contributed by atoms with E-state index < -0.39 is 47.9 Å². The van der Waals surface area contributed by atoms with Gasteiger partial charge in [0.25, 0.3) is 0 Å². The number of nitrogens with one attached hydrogen (secondary N) is 2. The fraction of sp³-hybridized carbons (Fsp3) is 0.524. The highest BCUT2D eigenvalue weighted by Gasteiger charge is 2.34. The van der Waals surface area contributed by atoms with Gasteiger partial charge in [0.2, 0.25) is 17.7 Å². The summed E-state index contributed by atoms with van der Waals surface area (Å²) < 4.78 is 5.16. The normalized spacial score (nSPS) is 16.9. The van der Waals surface area contributed by atoms with Crippen molar-refractivity contribution in [2.24, 2.45) is 0 Å². The Morgan fingerprint density at radius 2 is 2.00 bits per heavy atom. The van der Waals surface area contributed by atoms with E-state index in [4.69, 9.17) is 9.84 Å². The van der Waals surface area contributed by atoms with Gasteiger partial charge in [-0.05, 0) is 32.8 Å². The minimum atomic E-state index is -1.08. The van der Waals surface area contributed by atoms with Gasteiger partial charge >= 0.3 is 12.1 Å². The van der Waals surface area contributed by atoms with Gasteiger partial charge in [-0.15, -0.1) is 0 Å². The first-order valence-corrected chi connectivity index (χ1v) is 10.5. The van der Waals surface area contributed by atoms with E-state index in [0.29, 0.717) is 24.9 Å². The molecule has 2 rings (SSSR count). The zero-order valence-corrected chi connectivity index (χ0v) is 18.8. The van der Waals surface area contributed by atoms with E-state index in [1.165, 1.54) is 25.8 Å². The molecule has 0 aliphatic carbocycles. The van der Waals surface area contributed by atoms with E-state index in [9.17, 15) is 24.0 Å². The molecule has 3 N–H and O–H groups in total. The average molecular weight is 463 g/mol. The Morgan fingerprint density at radius 1 is 1.27 bits per heavy atom. The van der Waals surface area contributed by atoms with Crippen LogP contribution < -0.4 is 10.6 Å². The van der Waals surface area contributed by atoms with Gasteiger partial charge < -0.3 is 25.4 Å². The Morgan fingerprint density at radius 3 is 2.64 bits per heavy atom. The molecule has 1 saturated heterocycles. The summed E-state index contributed by atoms with van der Waals surface area (Å²) >= 11 is 0. The maximum absolute atomic E-state index is 12.5. The standard InChI is InChI=1S/C21H29N5O7/c1-13(18(28)23-11-17(27)26-9-5-7-16(26)20(30)31)24-19(29)14(2)25(3)21(32)33-12-15-6-4-8-22-10-15/h4,6,8,10,13-14,16H,5,7,9,11-12H2,1-3H3,(H,23,28)(H,24,29)(H,30,31)/t13-,14-,16-/m0/s1. The van der Waals surface area contributed by atoms with Crippen molar-refractivity contribution in [1.29, 1.82) is 0 Å². The van der Waals surface area contributed by atoms with Gasteiger partial charge in [0, 0.05) is 31.5 Å². The van der Waals surface area contributed by atoms with Crippen LogP contribution in [0.2, 0.25) is 0 Å². The molecule has 1 aromatic heterocycles. The Hall–Kier alpha value is -3.70. The Kier molecular flexibility index (Phi) is 9.13. The summed E-state index contributed by atoms with van der Waals surface area (Å²) in [6, 6.07) is 0.650. The third kappa shape index (κ3) is 7.16. The number of likely N-dealkylation sites (N-methyl/N-ethyl adjacent to an activating group) is 1. The van der Waals surface area contributed by atoms with E-state index in [2.05, 4.69) is 15.6 Å². The second kappa shape index (κ2) is 11.8. The highest BCUT2D eigenvalue weighted by atomic mass is 16.6. The Labute approximate surface area is 191 Å². The quantitative estimate of drug-likeness (QED) is 0.452. The molecule has 4 amide bonds. The van der Waals surface area contributed by atoms with Crippen LogP contribution in [0.5, 0.6) is 0 Å². The number of amides is 4. The number of carbonyl (C=O) groups excluding carboxylic acids is 4. The van der Waals surface area contributed by atoms with Crippen LogP contribution in [0, 0.1) is 0 Å². The number of pyridine rings is 1. The van der Waals surface area contributed by atoms with Gasteiger partial charge in [0.15, 0.2) is 0 Å². The molecule has 0 spiro atoms. The molecule has 1 aromatic rings. The van der Waals surface area contributed by atoms with Gasteiger partial charge in [-0.3, -0.25) is 24.3 Å². The number of hydrogen-bond acceptors (Lipinski definition) is 7. The minimum Gasteiger partial charge on any atom is -0.480 e. The van der Waals surface area contributed by atoms with Gasteiger partial charge in [-0.2, -0.15) is 0 Å². The van der Waals surface area contributed by atoms with E-state index in [1.54, 1.807) is 24.5 Å². The lowest BCUT2D eigenvalue weighted by Crippen LogP contribution is -2.53. The van der Waals surface area contributed by atoms with Crippen LogP contribution in [0.1, 0.15) is 32.3 Å². The maximum atomic E-state index is 12.5. The van der Waals surface area contributed by atoms with Crippen molar-refractivity contribution in [3.05, 3.63) is 30.1 Å². The van der Waals surface area contributed by atoms with Gasteiger partial charge in [0.05, 0.1) is 6.54 Å². The summed E-state index contributed by atoms with van der Waals surface area (Å²) in [4.78, 5) is 66.6. The molecule has 3 atom stereocenters. The van der Waals surface area contributed by atoms with Gasteiger partial charge in [-0.25, -0.2) is 9.59 Å². The second-order valence-corrected chi connectivity index (χ2v) is 7.73. The number of rotatable bonds is 9. The van der Waals surface area contributed by atoms with Crippen molar-refractivity contribution in [3.8, 4) is 0 Å². The summed E-state index contributed by atoms with van der Waals surface area (Å²) in [6.07, 6.45) is 3.38. The number of nitrogens with zero attached hydrogens (tertiary/aromatic N) is 3. The average Bonchev–Trinajstić information content (AvgIpc) is 3.30.